The number of carboxylic acids is 1. The van der Waals surface area contributed by atoms with Crippen LogP contribution in [0.5, 0.6) is 0 Å². The first-order valence-electron chi connectivity index (χ1n) is 9.79. The van der Waals surface area contributed by atoms with Crippen molar-refractivity contribution in [1.82, 2.24) is 20.4 Å². The summed E-state index contributed by atoms with van der Waals surface area (Å²) in [6, 6.07) is -0.128. The second-order valence-corrected chi connectivity index (χ2v) is 6.81. The fraction of sp³-hybridized carbons (Fsp3) is 0.737. The molecular formula is C19H34N4O3. The summed E-state index contributed by atoms with van der Waals surface area (Å²) in [5.74, 6) is -0.689. The molecule has 0 bridgehead atoms. The lowest BCUT2D eigenvalue weighted by molar-refractivity contribution is -0.137. The number of carbonyl (C=O) groups is 2. The summed E-state index contributed by atoms with van der Waals surface area (Å²) in [5, 5.41) is 18.3. The third-order valence-corrected chi connectivity index (χ3v) is 4.31. The van der Waals surface area contributed by atoms with E-state index >= 15 is 0 Å². The van der Waals surface area contributed by atoms with Crippen molar-refractivity contribution in [2.75, 3.05) is 6.54 Å². The molecule has 148 valence electrons. The molecule has 0 saturated heterocycles. The number of nitrogens with one attached hydrogen (secondary N) is 2. The normalized spacial score (nSPS) is 10.7. The average molecular weight is 367 g/mol. The highest BCUT2D eigenvalue weighted by atomic mass is 16.4. The van der Waals surface area contributed by atoms with Gasteiger partial charge < -0.3 is 15.7 Å². The molecule has 0 aliphatic rings. The smallest absolute Gasteiger partial charge is 0.315 e. The highest BCUT2D eigenvalue weighted by Crippen LogP contribution is 2.11. The Morgan fingerprint density at radius 1 is 0.962 bits per heavy atom. The van der Waals surface area contributed by atoms with Gasteiger partial charge in [0.05, 0.1) is 6.20 Å². The predicted octanol–water partition coefficient (Wildman–Crippen LogP) is 3.60. The van der Waals surface area contributed by atoms with Crippen LogP contribution in [0.4, 0.5) is 4.79 Å². The van der Waals surface area contributed by atoms with E-state index in [-0.39, 0.29) is 6.03 Å². The lowest BCUT2D eigenvalue weighted by Crippen LogP contribution is -2.35. The first-order valence-corrected chi connectivity index (χ1v) is 9.79. The van der Waals surface area contributed by atoms with Crippen molar-refractivity contribution < 1.29 is 14.7 Å². The van der Waals surface area contributed by atoms with E-state index in [1.165, 1.54) is 32.1 Å². The standard InChI is InChI=1S/C19H34N4O3/c1-23-16-17(15-22-23)14-21-19(26)20-13-11-9-7-5-3-2-4-6-8-10-12-18(24)25/h15-16H,2-14H2,1H3,(H,24,25)(H2,20,21,26). The summed E-state index contributed by atoms with van der Waals surface area (Å²) >= 11 is 0. The molecular weight excluding hydrogens is 332 g/mol. The van der Waals surface area contributed by atoms with Crippen LogP contribution in [0, 0.1) is 0 Å². The number of aromatic nitrogens is 2. The number of nitrogens with zero attached hydrogens (tertiary/aromatic N) is 2. The van der Waals surface area contributed by atoms with Crippen LogP contribution >= 0.6 is 0 Å². The molecule has 3 N–H and O–H groups in total. The van der Waals surface area contributed by atoms with Gasteiger partial charge in [-0.25, -0.2) is 4.79 Å². The maximum Gasteiger partial charge on any atom is 0.315 e. The molecule has 0 aliphatic carbocycles. The SMILES string of the molecule is Cn1cc(CNC(=O)NCCCCCCCCCCCCC(=O)O)cn1. The molecule has 0 fully saturated rings. The fourth-order valence-corrected chi connectivity index (χ4v) is 2.83. The largest absolute Gasteiger partial charge is 0.481 e. The van der Waals surface area contributed by atoms with E-state index in [9.17, 15) is 9.59 Å². The van der Waals surface area contributed by atoms with Crippen LogP contribution in [0.15, 0.2) is 12.4 Å². The Balaban J connectivity index is 1.80. The monoisotopic (exact) mass is 366 g/mol. The summed E-state index contributed by atoms with van der Waals surface area (Å²) in [6.07, 6.45) is 15.2. The number of rotatable bonds is 15. The molecule has 0 saturated carbocycles. The first-order chi connectivity index (χ1) is 12.6. The van der Waals surface area contributed by atoms with Gasteiger partial charge >= 0.3 is 12.0 Å². The van der Waals surface area contributed by atoms with E-state index in [2.05, 4.69) is 15.7 Å². The van der Waals surface area contributed by atoms with E-state index in [1.54, 1.807) is 10.9 Å². The van der Waals surface area contributed by atoms with E-state index < -0.39 is 5.97 Å². The number of aryl methyl sites for hydroxylation is 1. The molecule has 0 spiro atoms. The number of urea groups is 1. The molecule has 1 heterocycles. The first kappa shape index (κ1) is 22.0. The van der Waals surface area contributed by atoms with Crippen molar-refractivity contribution in [2.24, 2.45) is 7.05 Å². The number of aliphatic carboxylic acids is 1. The zero-order chi connectivity index (χ0) is 19.0. The lowest BCUT2D eigenvalue weighted by atomic mass is 10.1. The topological polar surface area (TPSA) is 96.2 Å². The Labute approximate surface area is 156 Å². The van der Waals surface area contributed by atoms with Gasteiger partial charge in [-0.05, 0) is 12.8 Å². The van der Waals surface area contributed by atoms with Crippen LogP contribution in [0.25, 0.3) is 0 Å². The van der Waals surface area contributed by atoms with Crippen molar-refractivity contribution in [1.29, 1.82) is 0 Å². The molecule has 0 unspecified atom stereocenters. The molecule has 26 heavy (non-hydrogen) atoms. The second kappa shape index (κ2) is 14.2. The van der Waals surface area contributed by atoms with Gasteiger partial charge in [0.1, 0.15) is 0 Å². The van der Waals surface area contributed by atoms with Crippen molar-refractivity contribution in [2.45, 2.75) is 77.2 Å². The van der Waals surface area contributed by atoms with Gasteiger partial charge in [-0.15, -0.1) is 0 Å². The number of amides is 2. The molecule has 0 atom stereocenters. The molecule has 0 aliphatic heterocycles. The van der Waals surface area contributed by atoms with Crippen LogP contribution < -0.4 is 10.6 Å². The molecule has 1 rings (SSSR count). The number of hydrogen-bond donors (Lipinski definition) is 3. The minimum absolute atomic E-state index is 0.128. The summed E-state index contributed by atoms with van der Waals surface area (Å²) in [5.41, 5.74) is 0.990. The predicted molar refractivity (Wildman–Crippen MR) is 102 cm³/mol. The average Bonchev–Trinajstić information content (AvgIpc) is 3.02. The van der Waals surface area contributed by atoms with Gasteiger partial charge in [-0.2, -0.15) is 5.10 Å². The molecule has 7 nitrogen and oxygen atoms in total. The Morgan fingerprint density at radius 3 is 2.08 bits per heavy atom. The molecule has 1 aromatic heterocycles. The van der Waals surface area contributed by atoms with E-state index in [0.29, 0.717) is 19.5 Å². The van der Waals surface area contributed by atoms with E-state index in [0.717, 1.165) is 37.7 Å². The zero-order valence-electron chi connectivity index (χ0n) is 16.0. The van der Waals surface area contributed by atoms with E-state index in [1.807, 2.05) is 13.2 Å². The lowest BCUT2D eigenvalue weighted by Gasteiger charge is -2.06. The number of hydrogen-bond acceptors (Lipinski definition) is 3. The highest BCUT2D eigenvalue weighted by molar-refractivity contribution is 5.73. The molecule has 7 heteroatoms. The number of carboxylic acid groups (broad SMARTS) is 1. The maximum atomic E-state index is 11.7. The van der Waals surface area contributed by atoms with Gasteiger partial charge in [0, 0.05) is 38.3 Å². The summed E-state index contributed by atoms with van der Waals surface area (Å²) in [7, 11) is 1.85. The summed E-state index contributed by atoms with van der Waals surface area (Å²) in [4.78, 5) is 22.0. The zero-order valence-corrected chi connectivity index (χ0v) is 16.0. The van der Waals surface area contributed by atoms with Gasteiger partial charge in [0.2, 0.25) is 0 Å². The summed E-state index contributed by atoms with van der Waals surface area (Å²) < 4.78 is 1.72. The van der Waals surface area contributed by atoms with Gasteiger partial charge in [-0.3, -0.25) is 9.48 Å². The van der Waals surface area contributed by atoms with Crippen LogP contribution in [-0.4, -0.2) is 33.4 Å². The number of carbonyl (C=O) groups excluding carboxylic acids is 1. The molecule has 2 amide bonds. The van der Waals surface area contributed by atoms with Crippen molar-refractivity contribution in [3.8, 4) is 0 Å². The van der Waals surface area contributed by atoms with Gasteiger partial charge in [-0.1, -0.05) is 51.4 Å². The maximum absolute atomic E-state index is 11.7. The quantitative estimate of drug-likeness (QED) is 0.413. The van der Waals surface area contributed by atoms with Crippen molar-refractivity contribution >= 4 is 12.0 Å². The van der Waals surface area contributed by atoms with Crippen LogP contribution in [0.3, 0.4) is 0 Å². The minimum Gasteiger partial charge on any atom is -0.481 e. The Kier molecular flexibility index (Phi) is 12.0. The second-order valence-electron chi connectivity index (χ2n) is 6.81. The molecule has 0 radical (unpaired) electrons. The molecule has 1 aromatic rings. The minimum atomic E-state index is -0.689. The molecule has 0 aromatic carbocycles. The Bertz CT molecular complexity index is 517. The van der Waals surface area contributed by atoms with Crippen LogP contribution in [0.1, 0.15) is 76.2 Å². The van der Waals surface area contributed by atoms with Crippen LogP contribution in [0.2, 0.25) is 0 Å². The third kappa shape index (κ3) is 12.3. The summed E-state index contributed by atoms with van der Waals surface area (Å²) in [6.45, 7) is 1.21. The highest BCUT2D eigenvalue weighted by Gasteiger charge is 2.01. The number of unbranched alkanes of at least 4 members (excludes halogenated alkanes) is 9. The van der Waals surface area contributed by atoms with Gasteiger partial charge in [0.25, 0.3) is 0 Å². The van der Waals surface area contributed by atoms with Crippen molar-refractivity contribution in [3.63, 3.8) is 0 Å². The Morgan fingerprint density at radius 2 is 1.54 bits per heavy atom. The van der Waals surface area contributed by atoms with Gasteiger partial charge in [0.15, 0.2) is 0 Å². The third-order valence-electron chi connectivity index (χ3n) is 4.31. The fourth-order valence-electron chi connectivity index (χ4n) is 2.83. The van der Waals surface area contributed by atoms with E-state index in [4.69, 9.17) is 5.11 Å². The van der Waals surface area contributed by atoms with Crippen molar-refractivity contribution in [3.05, 3.63) is 18.0 Å². The Hall–Kier alpha value is -2.05. The van der Waals surface area contributed by atoms with Crippen LogP contribution in [-0.2, 0) is 18.4 Å².